The van der Waals surface area contributed by atoms with Crippen LogP contribution in [0.5, 0.6) is 11.6 Å². The van der Waals surface area contributed by atoms with Gasteiger partial charge in [-0.1, -0.05) is 42.3 Å². The lowest BCUT2D eigenvalue weighted by Gasteiger charge is -2.49. The zero-order chi connectivity index (χ0) is 26.6. The van der Waals surface area contributed by atoms with E-state index in [0.29, 0.717) is 35.6 Å². The van der Waals surface area contributed by atoms with E-state index in [1.54, 1.807) is 19.4 Å². The van der Waals surface area contributed by atoms with E-state index in [4.69, 9.17) is 32.7 Å². The Balaban J connectivity index is 1.62. The summed E-state index contributed by atoms with van der Waals surface area (Å²) < 4.78 is 11.0. The first kappa shape index (κ1) is 27.5. The smallest absolute Gasteiger partial charge is 0.212 e. The standard InChI is InChI=1S/C29H35Cl2N3O3/c1-5-14-37-24-11-12-26(25(31)15-24)34-20(2)17-33(18-27(34)21-6-9-23(30)10-7-21)19-29(3,35)22-8-13-28(36-4)32-16-22/h6-13,15-16,20,27,35H,5,14,17-19H2,1-4H3/t20-,27-,29+/m0/s1. The van der Waals surface area contributed by atoms with Crippen LogP contribution in [0, 0.1) is 0 Å². The number of rotatable bonds is 9. The van der Waals surface area contributed by atoms with Crippen LogP contribution >= 0.6 is 23.2 Å². The fourth-order valence-electron chi connectivity index (χ4n) is 5.01. The SMILES string of the molecule is CCCOc1ccc(N2[C@@H](C)CN(C[C@@](C)(O)c3ccc(OC)nc3)C[C@H]2c2ccc(Cl)cc2)c(Cl)c1. The summed E-state index contributed by atoms with van der Waals surface area (Å²) in [6.07, 6.45) is 2.62. The maximum Gasteiger partial charge on any atom is 0.212 e. The third-order valence-corrected chi connectivity index (χ3v) is 7.34. The molecule has 1 aliphatic rings. The second-order valence-electron chi connectivity index (χ2n) is 9.84. The van der Waals surface area contributed by atoms with Gasteiger partial charge in [-0.25, -0.2) is 4.98 Å². The fraction of sp³-hybridized carbons (Fsp3) is 0.414. The average Bonchev–Trinajstić information content (AvgIpc) is 2.88. The number of benzene rings is 2. The van der Waals surface area contributed by atoms with Gasteiger partial charge in [-0.2, -0.15) is 0 Å². The third-order valence-electron chi connectivity index (χ3n) is 6.79. The van der Waals surface area contributed by atoms with E-state index in [9.17, 15) is 5.11 Å². The largest absolute Gasteiger partial charge is 0.494 e. The van der Waals surface area contributed by atoms with Crippen molar-refractivity contribution in [3.8, 4) is 11.6 Å². The Hall–Kier alpha value is -2.51. The minimum absolute atomic E-state index is 0.00530. The fourth-order valence-corrected chi connectivity index (χ4v) is 5.41. The van der Waals surface area contributed by atoms with Gasteiger partial charge in [0.05, 0.1) is 30.5 Å². The number of β-amino-alcohol motifs (C(OH)–C–C–N with tert-alkyl or cyclic N) is 1. The second kappa shape index (κ2) is 11.9. The molecule has 198 valence electrons. The first-order valence-corrected chi connectivity index (χ1v) is 13.4. The zero-order valence-corrected chi connectivity index (χ0v) is 23.3. The monoisotopic (exact) mass is 543 g/mol. The molecule has 8 heteroatoms. The van der Waals surface area contributed by atoms with Crippen LogP contribution in [0.15, 0.2) is 60.8 Å². The number of hydrogen-bond donors (Lipinski definition) is 1. The average molecular weight is 545 g/mol. The summed E-state index contributed by atoms with van der Waals surface area (Å²) in [5.41, 5.74) is 1.76. The van der Waals surface area contributed by atoms with Gasteiger partial charge in [0, 0.05) is 54.6 Å². The van der Waals surface area contributed by atoms with Gasteiger partial charge < -0.3 is 19.5 Å². The van der Waals surface area contributed by atoms with Gasteiger partial charge in [-0.3, -0.25) is 4.90 Å². The van der Waals surface area contributed by atoms with Crippen LogP contribution < -0.4 is 14.4 Å². The molecule has 2 aromatic carbocycles. The second-order valence-corrected chi connectivity index (χ2v) is 10.7. The summed E-state index contributed by atoms with van der Waals surface area (Å²) >= 11 is 13.0. The van der Waals surface area contributed by atoms with E-state index >= 15 is 0 Å². The lowest BCUT2D eigenvalue weighted by molar-refractivity contribution is 0.00606. The molecular formula is C29H35Cl2N3O3. The molecule has 3 aromatic rings. The number of nitrogens with zero attached hydrogens (tertiary/aromatic N) is 3. The van der Waals surface area contributed by atoms with Crippen LogP contribution in [-0.2, 0) is 5.60 Å². The summed E-state index contributed by atoms with van der Waals surface area (Å²) in [6.45, 7) is 8.68. The number of pyridine rings is 1. The number of aromatic nitrogens is 1. The Labute approximate surface area is 229 Å². The van der Waals surface area contributed by atoms with Crippen LogP contribution in [0.2, 0.25) is 10.0 Å². The molecule has 0 radical (unpaired) electrons. The number of hydrogen-bond acceptors (Lipinski definition) is 6. The normalized spacial score (nSPS) is 19.9. The molecule has 37 heavy (non-hydrogen) atoms. The van der Waals surface area contributed by atoms with Gasteiger partial charge in [-0.15, -0.1) is 0 Å². The van der Waals surface area contributed by atoms with Crippen molar-refractivity contribution >= 4 is 28.9 Å². The maximum absolute atomic E-state index is 11.4. The molecule has 1 fully saturated rings. The minimum atomic E-state index is -1.08. The maximum atomic E-state index is 11.4. The van der Waals surface area contributed by atoms with Crippen LogP contribution in [0.1, 0.15) is 44.4 Å². The Bertz CT molecular complexity index is 1170. The molecule has 0 aliphatic carbocycles. The topological polar surface area (TPSA) is 58.1 Å². The molecule has 0 saturated carbocycles. The molecule has 0 unspecified atom stereocenters. The minimum Gasteiger partial charge on any atom is -0.494 e. The van der Waals surface area contributed by atoms with Crippen molar-refractivity contribution in [3.05, 3.63) is 82.0 Å². The predicted molar refractivity (Wildman–Crippen MR) is 150 cm³/mol. The molecule has 6 nitrogen and oxygen atoms in total. The van der Waals surface area contributed by atoms with E-state index in [1.165, 1.54) is 0 Å². The quantitative estimate of drug-likeness (QED) is 0.339. The van der Waals surface area contributed by atoms with Crippen molar-refractivity contribution in [3.63, 3.8) is 0 Å². The van der Waals surface area contributed by atoms with Crippen molar-refractivity contribution in [1.29, 1.82) is 0 Å². The van der Waals surface area contributed by atoms with E-state index in [0.717, 1.165) is 35.5 Å². The molecule has 0 spiro atoms. The molecule has 1 N–H and O–H groups in total. The van der Waals surface area contributed by atoms with Crippen LogP contribution in [0.3, 0.4) is 0 Å². The van der Waals surface area contributed by atoms with E-state index < -0.39 is 5.60 Å². The Kier molecular flexibility index (Phi) is 8.86. The molecule has 0 amide bonds. The molecule has 0 bridgehead atoms. The number of methoxy groups -OCH3 is 1. The molecule has 1 aromatic heterocycles. The van der Waals surface area contributed by atoms with Crippen molar-refractivity contribution in [2.75, 3.05) is 38.3 Å². The summed E-state index contributed by atoms with van der Waals surface area (Å²) in [4.78, 5) is 8.96. The lowest BCUT2D eigenvalue weighted by Crippen LogP contribution is -2.56. The molecule has 2 heterocycles. The first-order valence-electron chi connectivity index (χ1n) is 12.6. The van der Waals surface area contributed by atoms with Gasteiger partial charge in [0.1, 0.15) is 11.4 Å². The highest BCUT2D eigenvalue weighted by atomic mass is 35.5. The van der Waals surface area contributed by atoms with Gasteiger partial charge >= 0.3 is 0 Å². The summed E-state index contributed by atoms with van der Waals surface area (Å²) in [7, 11) is 1.58. The van der Waals surface area contributed by atoms with Gasteiger partial charge in [-0.05, 0) is 56.2 Å². The van der Waals surface area contributed by atoms with Crippen LogP contribution in [-0.4, -0.2) is 54.4 Å². The number of aliphatic hydroxyl groups is 1. The van der Waals surface area contributed by atoms with E-state index in [1.807, 2.05) is 43.3 Å². The van der Waals surface area contributed by atoms with Crippen LogP contribution in [0.25, 0.3) is 0 Å². The molecule has 1 saturated heterocycles. The highest BCUT2D eigenvalue weighted by molar-refractivity contribution is 6.33. The number of piperazine rings is 1. The van der Waals surface area contributed by atoms with Gasteiger partial charge in [0.2, 0.25) is 5.88 Å². The lowest BCUT2D eigenvalue weighted by atomic mass is 9.93. The van der Waals surface area contributed by atoms with Gasteiger partial charge in [0.15, 0.2) is 0 Å². The molecule has 4 rings (SSSR count). The number of anilines is 1. The number of ether oxygens (including phenoxy) is 2. The Morgan fingerprint density at radius 3 is 2.46 bits per heavy atom. The molecule has 1 aliphatic heterocycles. The van der Waals surface area contributed by atoms with E-state index in [2.05, 4.69) is 40.8 Å². The van der Waals surface area contributed by atoms with Crippen molar-refractivity contribution < 1.29 is 14.6 Å². The molecule has 3 atom stereocenters. The third kappa shape index (κ3) is 6.50. The van der Waals surface area contributed by atoms with E-state index in [-0.39, 0.29) is 12.1 Å². The Morgan fingerprint density at radius 1 is 1.08 bits per heavy atom. The van der Waals surface area contributed by atoms with Crippen LogP contribution in [0.4, 0.5) is 5.69 Å². The number of halogens is 2. The van der Waals surface area contributed by atoms with Crippen molar-refractivity contribution in [2.24, 2.45) is 0 Å². The van der Waals surface area contributed by atoms with Crippen molar-refractivity contribution in [1.82, 2.24) is 9.88 Å². The zero-order valence-electron chi connectivity index (χ0n) is 21.8. The van der Waals surface area contributed by atoms with Crippen molar-refractivity contribution in [2.45, 2.75) is 44.9 Å². The summed E-state index contributed by atoms with van der Waals surface area (Å²) in [5.74, 6) is 1.29. The van der Waals surface area contributed by atoms with Gasteiger partial charge in [0.25, 0.3) is 0 Å². The summed E-state index contributed by atoms with van der Waals surface area (Å²) in [5, 5.41) is 12.8. The Morgan fingerprint density at radius 2 is 1.84 bits per heavy atom. The highest BCUT2D eigenvalue weighted by Crippen LogP contribution is 2.40. The summed E-state index contributed by atoms with van der Waals surface area (Å²) in [6, 6.07) is 17.7. The predicted octanol–water partition coefficient (Wildman–Crippen LogP) is 6.35. The molecular weight excluding hydrogens is 509 g/mol. The highest BCUT2D eigenvalue weighted by Gasteiger charge is 2.37. The first-order chi connectivity index (χ1) is 17.7.